The van der Waals surface area contributed by atoms with Crippen molar-refractivity contribution in [2.45, 2.75) is 57.0 Å². The normalized spacial score (nSPS) is 20.3. The molecule has 0 aliphatic carbocycles. The summed E-state index contributed by atoms with van der Waals surface area (Å²) in [6.07, 6.45) is 1.92. The summed E-state index contributed by atoms with van der Waals surface area (Å²) < 4.78 is 19.1. The molecule has 0 saturated carbocycles. The summed E-state index contributed by atoms with van der Waals surface area (Å²) in [7, 11) is 0. The molecule has 4 unspecified atom stereocenters. The zero-order valence-corrected chi connectivity index (χ0v) is 29.1. The maximum Gasteiger partial charge on any atom is 0.319 e. The van der Waals surface area contributed by atoms with Gasteiger partial charge in [-0.15, -0.1) is 0 Å². The van der Waals surface area contributed by atoms with Crippen LogP contribution in [0.5, 0.6) is 11.5 Å². The van der Waals surface area contributed by atoms with Crippen molar-refractivity contribution < 1.29 is 29.2 Å². The Labute approximate surface area is 304 Å². The lowest BCUT2D eigenvalue weighted by Gasteiger charge is -2.38. The first-order valence-corrected chi connectivity index (χ1v) is 18.0. The minimum absolute atomic E-state index is 0.00456. The van der Waals surface area contributed by atoms with E-state index in [-0.39, 0.29) is 37.5 Å². The quantitative estimate of drug-likeness (QED) is 0.105. The van der Waals surface area contributed by atoms with E-state index in [2.05, 4.69) is 39.8 Å². The molecule has 4 atom stereocenters. The molecule has 0 spiro atoms. The summed E-state index contributed by atoms with van der Waals surface area (Å²) in [6.45, 7) is 2.18. The number of nitrogens with zero attached hydrogens (tertiary/aromatic N) is 1. The van der Waals surface area contributed by atoms with Crippen LogP contribution in [0.25, 0.3) is 11.1 Å². The zero-order chi connectivity index (χ0) is 35.7. The third-order valence-corrected chi connectivity index (χ3v) is 9.73. The lowest BCUT2D eigenvalue weighted by Crippen LogP contribution is -2.42. The monoisotopic (exact) mass is 699 g/mol. The number of likely N-dealkylation sites (tertiary alicyclic amines) is 1. The second kappa shape index (κ2) is 17.0. The van der Waals surface area contributed by atoms with Crippen molar-refractivity contribution in [1.82, 2.24) is 10.2 Å². The number of aliphatic hydroxyl groups excluding tert-OH is 2. The number of para-hydroxylation sites is 1. The Bertz CT molecular complexity index is 1900. The summed E-state index contributed by atoms with van der Waals surface area (Å²) >= 11 is 0. The minimum Gasteiger partial charge on any atom is -0.457 e. The van der Waals surface area contributed by atoms with E-state index in [4.69, 9.17) is 14.2 Å². The lowest BCUT2D eigenvalue weighted by molar-refractivity contribution is -0.253. The molecule has 2 amide bonds. The van der Waals surface area contributed by atoms with Gasteiger partial charge in [0, 0.05) is 36.8 Å². The molecule has 5 aromatic carbocycles. The van der Waals surface area contributed by atoms with E-state index < -0.39 is 6.29 Å². The van der Waals surface area contributed by atoms with E-state index in [1.54, 1.807) is 12.1 Å². The number of urea groups is 1. The average molecular weight is 700 g/mol. The maximum absolute atomic E-state index is 12.8. The first kappa shape index (κ1) is 35.4. The van der Waals surface area contributed by atoms with Gasteiger partial charge in [0.1, 0.15) is 11.5 Å². The molecule has 5 aromatic rings. The highest BCUT2D eigenvalue weighted by molar-refractivity contribution is 5.89. The van der Waals surface area contributed by atoms with Crippen LogP contribution in [-0.4, -0.2) is 53.0 Å². The van der Waals surface area contributed by atoms with Crippen LogP contribution in [-0.2, 0) is 22.6 Å². The fourth-order valence-electron chi connectivity index (χ4n) is 6.95. The van der Waals surface area contributed by atoms with Crippen molar-refractivity contribution in [2.24, 2.45) is 0 Å². The molecule has 2 heterocycles. The molecule has 2 aliphatic rings. The van der Waals surface area contributed by atoms with Gasteiger partial charge in [-0.1, -0.05) is 78.9 Å². The van der Waals surface area contributed by atoms with Crippen LogP contribution in [0, 0.1) is 0 Å². The van der Waals surface area contributed by atoms with Gasteiger partial charge in [-0.05, 0) is 95.7 Å². The van der Waals surface area contributed by atoms with Gasteiger partial charge in [0.05, 0.1) is 25.4 Å². The number of nitrogens with one attached hydrogen (secondary N) is 2. The van der Waals surface area contributed by atoms with Gasteiger partial charge >= 0.3 is 6.03 Å². The summed E-state index contributed by atoms with van der Waals surface area (Å²) in [6, 6.07) is 40.9. The summed E-state index contributed by atoms with van der Waals surface area (Å²) in [5, 5.41) is 25.4. The Balaban J connectivity index is 1.00. The molecular weight excluding hydrogens is 654 g/mol. The Kier molecular flexibility index (Phi) is 11.6. The van der Waals surface area contributed by atoms with E-state index in [0.29, 0.717) is 24.4 Å². The molecule has 0 radical (unpaired) electrons. The largest absolute Gasteiger partial charge is 0.457 e. The van der Waals surface area contributed by atoms with E-state index >= 15 is 0 Å². The van der Waals surface area contributed by atoms with Crippen molar-refractivity contribution in [1.29, 1.82) is 0 Å². The molecule has 52 heavy (non-hydrogen) atoms. The standard InChI is InChI=1S/C43H45N3O6/c47-28-30-14-16-32(17-15-30)41-25-40(27-46-22-6-11-37(46)29-48)51-42(52-41)35-10-5-9-34(24-35)33-8-4-7-31(23-33)26-44-43(49)45-36-18-20-39(21-19-36)50-38-12-2-1-3-13-38/h1-5,7-10,12-21,23-24,37,40-42,47-48H,6,11,22,25-29H2,(H2,44,45,49). The number of aliphatic hydroxyl groups is 2. The first-order chi connectivity index (χ1) is 25.5. The van der Waals surface area contributed by atoms with Crippen molar-refractivity contribution in [3.05, 3.63) is 150 Å². The summed E-state index contributed by atoms with van der Waals surface area (Å²) in [4.78, 5) is 15.1. The third kappa shape index (κ3) is 9.06. The molecule has 2 saturated heterocycles. The molecule has 2 fully saturated rings. The fourth-order valence-corrected chi connectivity index (χ4v) is 6.95. The molecule has 2 aliphatic heterocycles. The molecule has 9 nitrogen and oxygen atoms in total. The average Bonchev–Trinajstić information content (AvgIpc) is 3.65. The maximum atomic E-state index is 12.8. The van der Waals surface area contributed by atoms with Gasteiger partial charge in [0.2, 0.25) is 0 Å². The number of anilines is 1. The smallest absolute Gasteiger partial charge is 0.319 e. The fraction of sp³-hybridized carbons (Fsp3) is 0.279. The van der Waals surface area contributed by atoms with Crippen LogP contribution in [0.3, 0.4) is 0 Å². The van der Waals surface area contributed by atoms with Gasteiger partial charge in [0.15, 0.2) is 6.29 Å². The van der Waals surface area contributed by atoms with E-state index in [1.807, 2.05) is 91.0 Å². The predicted octanol–water partition coefficient (Wildman–Crippen LogP) is 7.96. The minimum atomic E-state index is -0.580. The van der Waals surface area contributed by atoms with Crippen LogP contribution < -0.4 is 15.4 Å². The number of hydrogen-bond donors (Lipinski definition) is 4. The van der Waals surface area contributed by atoms with Crippen LogP contribution in [0.4, 0.5) is 10.5 Å². The predicted molar refractivity (Wildman–Crippen MR) is 201 cm³/mol. The van der Waals surface area contributed by atoms with E-state index in [9.17, 15) is 15.0 Å². The number of carbonyl (C=O) groups is 1. The van der Waals surface area contributed by atoms with Crippen LogP contribution >= 0.6 is 0 Å². The molecular formula is C43H45N3O6. The topological polar surface area (TPSA) is 113 Å². The highest BCUT2D eigenvalue weighted by atomic mass is 16.7. The molecule has 268 valence electrons. The van der Waals surface area contributed by atoms with Crippen molar-refractivity contribution in [2.75, 3.05) is 25.0 Å². The molecule has 0 bridgehead atoms. The number of amides is 2. The van der Waals surface area contributed by atoms with Crippen LogP contribution in [0.2, 0.25) is 0 Å². The molecule has 9 heteroatoms. The van der Waals surface area contributed by atoms with Crippen molar-refractivity contribution in [3.8, 4) is 22.6 Å². The van der Waals surface area contributed by atoms with E-state index in [1.165, 1.54) is 0 Å². The third-order valence-electron chi connectivity index (χ3n) is 9.73. The Morgan fingerprint density at radius 2 is 1.52 bits per heavy atom. The number of benzene rings is 5. The number of hydrogen-bond acceptors (Lipinski definition) is 7. The summed E-state index contributed by atoms with van der Waals surface area (Å²) in [5.74, 6) is 1.44. The van der Waals surface area contributed by atoms with Gasteiger partial charge in [-0.3, -0.25) is 4.90 Å². The second-order valence-electron chi connectivity index (χ2n) is 13.4. The number of ether oxygens (including phenoxy) is 3. The first-order valence-electron chi connectivity index (χ1n) is 18.0. The van der Waals surface area contributed by atoms with E-state index in [0.717, 1.165) is 65.1 Å². The van der Waals surface area contributed by atoms with Gasteiger partial charge in [-0.25, -0.2) is 4.79 Å². The molecule has 7 rings (SSSR count). The number of carbonyl (C=O) groups excluding carboxylic acids is 1. The lowest BCUT2D eigenvalue weighted by atomic mass is 9.98. The highest BCUT2D eigenvalue weighted by Gasteiger charge is 2.35. The molecule has 4 N–H and O–H groups in total. The van der Waals surface area contributed by atoms with Gasteiger partial charge in [0.25, 0.3) is 0 Å². The zero-order valence-electron chi connectivity index (χ0n) is 29.1. The van der Waals surface area contributed by atoms with Gasteiger partial charge < -0.3 is 35.1 Å². The van der Waals surface area contributed by atoms with Crippen molar-refractivity contribution >= 4 is 11.7 Å². The SMILES string of the molecule is O=C(NCc1cccc(-c2cccc(C3OC(CN4CCCC4CO)CC(c4ccc(CO)cc4)O3)c2)c1)Nc1ccc(Oc2ccccc2)cc1. The second-order valence-corrected chi connectivity index (χ2v) is 13.4. The highest BCUT2D eigenvalue weighted by Crippen LogP contribution is 2.39. The van der Waals surface area contributed by atoms with Crippen LogP contribution in [0.15, 0.2) is 127 Å². The summed E-state index contributed by atoms with van der Waals surface area (Å²) in [5.41, 5.74) is 6.48. The van der Waals surface area contributed by atoms with Crippen LogP contribution in [0.1, 0.15) is 53.9 Å². The van der Waals surface area contributed by atoms with Gasteiger partial charge in [-0.2, -0.15) is 0 Å². The Morgan fingerprint density at radius 3 is 2.29 bits per heavy atom. The Hall–Kier alpha value is -5.03. The van der Waals surface area contributed by atoms with Crippen molar-refractivity contribution in [3.63, 3.8) is 0 Å². The number of rotatable bonds is 12. The molecule has 0 aromatic heterocycles. The Morgan fingerprint density at radius 1 is 0.769 bits per heavy atom.